The molecule has 0 saturated heterocycles. The minimum atomic E-state index is -6.09. The molecular formula is C35H64F9LaN8O17S3. The molecule has 0 rings (SSSR count). The van der Waals surface area contributed by atoms with Gasteiger partial charge in [0.25, 0.3) is 0 Å². The van der Waals surface area contributed by atoms with Gasteiger partial charge in [-0.05, 0) is 0 Å². The molecule has 0 heterocycles. The van der Waals surface area contributed by atoms with Crippen LogP contribution in [-0.4, -0.2) is 255 Å². The first-order valence-electron chi connectivity index (χ1n) is 19.2. The summed E-state index contributed by atoms with van der Waals surface area (Å²) in [6.07, 6.45) is 2.37. The van der Waals surface area contributed by atoms with Crippen LogP contribution in [-0.2, 0) is 68.7 Å². The molecule has 0 radical (unpaired) electrons. The van der Waals surface area contributed by atoms with E-state index in [9.17, 15) is 77.9 Å². The molecule has 0 spiro atoms. The Balaban J connectivity index is -0.000000113. The zero-order chi connectivity index (χ0) is 59.9. The smallest absolute Gasteiger partial charge is 0.741 e. The molecule has 25 nitrogen and oxygen atoms in total. The van der Waals surface area contributed by atoms with Gasteiger partial charge >= 0.3 is 52.1 Å². The summed E-state index contributed by atoms with van der Waals surface area (Å²) in [5, 5.41) is 0. The summed E-state index contributed by atoms with van der Waals surface area (Å²) in [5.41, 5.74) is -16.9. The number of hydrogen-bond donors (Lipinski definition) is 0. The van der Waals surface area contributed by atoms with Crippen molar-refractivity contribution in [3.05, 3.63) is 0 Å². The number of nitrogens with zero attached hydrogens (tertiary/aromatic N) is 8. The van der Waals surface area contributed by atoms with Gasteiger partial charge in [-0.25, -0.2) is 25.3 Å². The van der Waals surface area contributed by atoms with Crippen LogP contribution >= 0.6 is 0 Å². The Bertz CT molecular complexity index is 1700. The maximum atomic E-state index is 11.0. The van der Waals surface area contributed by atoms with Crippen molar-refractivity contribution in [2.75, 3.05) is 113 Å². The molecule has 0 N–H and O–H groups in total. The van der Waals surface area contributed by atoms with E-state index in [0.29, 0.717) is 51.4 Å². The Kier molecular flexibility index (Phi) is 46.4. The van der Waals surface area contributed by atoms with Crippen molar-refractivity contribution in [2.45, 2.75) is 67.9 Å². The standard InChI is InChI=1S/4C8H16N2O2.3CHF3O3S.La/c4*1-9(2)7(11)5-6-8(12)10(3)4;3*2-1(3,4)8(5,6)7;/h4*5-6H2,1-4H3;3*(H,5,6,7);/q;;;;;;;+3/p-3. The first-order chi connectivity index (χ1) is 31.5. The number of carbonyl (C=O) groups is 8. The summed E-state index contributed by atoms with van der Waals surface area (Å²) in [5.74, 6) is -0.0726. The molecule has 0 aromatic rings. The zero-order valence-electron chi connectivity index (χ0n) is 42.9. The molecule has 0 fully saturated rings. The van der Waals surface area contributed by atoms with E-state index in [0.717, 1.165) is 0 Å². The molecule has 430 valence electrons. The molecule has 0 aromatic heterocycles. The van der Waals surface area contributed by atoms with E-state index in [1.54, 1.807) is 113 Å². The van der Waals surface area contributed by atoms with E-state index in [1.807, 2.05) is 0 Å². The summed E-state index contributed by atoms with van der Waals surface area (Å²) in [6.45, 7) is 0. The van der Waals surface area contributed by atoms with Crippen molar-refractivity contribution in [2.24, 2.45) is 0 Å². The molecule has 0 saturated carbocycles. The summed E-state index contributed by atoms with van der Waals surface area (Å²) in [7, 11) is 8.66. The first-order valence-corrected chi connectivity index (χ1v) is 23.4. The minimum Gasteiger partial charge on any atom is -0.741 e. The fourth-order valence-corrected chi connectivity index (χ4v) is 2.64. The average molecular weight is 1280 g/mol. The van der Waals surface area contributed by atoms with Crippen LogP contribution in [0.5, 0.6) is 0 Å². The fourth-order valence-electron chi connectivity index (χ4n) is 2.64. The van der Waals surface area contributed by atoms with Crippen LogP contribution < -0.4 is 0 Å². The molecule has 0 aliphatic rings. The third-order valence-electron chi connectivity index (χ3n) is 7.05. The van der Waals surface area contributed by atoms with E-state index < -0.39 is 46.9 Å². The molecule has 0 aliphatic heterocycles. The normalized spacial score (nSPS) is 10.7. The largest absolute Gasteiger partial charge is 3.00 e. The van der Waals surface area contributed by atoms with E-state index in [2.05, 4.69) is 0 Å². The van der Waals surface area contributed by atoms with Crippen molar-refractivity contribution in [3.8, 4) is 0 Å². The van der Waals surface area contributed by atoms with Crippen LogP contribution in [0.15, 0.2) is 0 Å². The zero-order valence-corrected chi connectivity index (χ0v) is 49.0. The van der Waals surface area contributed by atoms with Gasteiger partial charge in [-0.2, -0.15) is 39.5 Å². The van der Waals surface area contributed by atoms with Crippen LogP contribution in [0, 0.1) is 35.6 Å². The van der Waals surface area contributed by atoms with Crippen LogP contribution in [0.3, 0.4) is 0 Å². The van der Waals surface area contributed by atoms with Gasteiger partial charge < -0.3 is 52.9 Å². The molecule has 0 bridgehead atoms. The van der Waals surface area contributed by atoms with Crippen LogP contribution in [0.25, 0.3) is 0 Å². The molecule has 8 amide bonds. The summed E-state index contributed by atoms with van der Waals surface area (Å²) >= 11 is 0. The number of alkyl halides is 9. The number of hydrogen-bond acceptors (Lipinski definition) is 17. The van der Waals surface area contributed by atoms with E-state index >= 15 is 0 Å². The van der Waals surface area contributed by atoms with Crippen LogP contribution in [0.1, 0.15) is 51.4 Å². The molecule has 0 aromatic carbocycles. The Labute approximate surface area is 447 Å². The van der Waals surface area contributed by atoms with Gasteiger partial charge in [0.15, 0.2) is 30.4 Å². The van der Waals surface area contributed by atoms with Gasteiger partial charge in [0, 0.05) is 164 Å². The second-order valence-corrected chi connectivity index (χ2v) is 19.1. The predicted molar refractivity (Wildman–Crippen MR) is 234 cm³/mol. The quantitative estimate of drug-likeness (QED) is 0.140. The third kappa shape index (κ3) is 52.7. The van der Waals surface area contributed by atoms with Crippen molar-refractivity contribution >= 4 is 77.6 Å². The summed E-state index contributed by atoms with van der Waals surface area (Å²) in [6, 6.07) is 0. The Morgan fingerprint density at radius 1 is 0.274 bits per heavy atom. The van der Waals surface area contributed by atoms with E-state index in [4.69, 9.17) is 38.9 Å². The monoisotopic (exact) mass is 1270 g/mol. The SMILES string of the molecule is CN(C)C(=O)CCC(=O)N(C)C.CN(C)C(=O)CCC(=O)N(C)C.CN(C)C(=O)CCC(=O)N(C)C.CN(C)C(=O)CCC(=O)N(C)C.O=S(=O)([O-])C(F)(F)F.O=S(=O)([O-])C(F)(F)F.O=S(=O)([O-])C(F)(F)F.[La+3]. The van der Waals surface area contributed by atoms with Crippen molar-refractivity contribution < 1.29 is 152 Å². The Morgan fingerprint density at radius 2 is 0.329 bits per heavy atom. The number of rotatable bonds is 12. The van der Waals surface area contributed by atoms with Gasteiger partial charge in [-0.3, -0.25) is 38.4 Å². The molecule has 0 atom stereocenters. The molecule has 73 heavy (non-hydrogen) atoms. The number of carbonyl (C=O) groups excluding carboxylic acids is 8. The second kappa shape index (κ2) is 39.5. The van der Waals surface area contributed by atoms with Gasteiger partial charge in [-0.1, -0.05) is 0 Å². The fraction of sp³-hybridized carbons (Fsp3) is 0.771. The number of amides is 8. The summed E-state index contributed by atoms with van der Waals surface area (Å²) < 4.78 is 177. The topological polar surface area (TPSA) is 334 Å². The predicted octanol–water partition coefficient (Wildman–Crippen LogP) is -0.0738. The van der Waals surface area contributed by atoms with Gasteiger partial charge in [0.05, 0.1) is 0 Å². The molecule has 0 aliphatic carbocycles. The van der Waals surface area contributed by atoms with Gasteiger partial charge in [0.2, 0.25) is 47.3 Å². The van der Waals surface area contributed by atoms with Gasteiger partial charge in [-0.15, -0.1) is 0 Å². The second-order valence-electron chi connectivity index (χ2n) is 15.0. The Morgan fingerprint density at radius 3 is 0.356 bits per heavy atom. The third-order valence-corrected chi connectivity index (χ3v) is 8.75. The average Bonchev–Trinajstić information content (AvgIpc) is 3.18. The van der Waals surface area contributed by atoms with E-state index in [1.165, 1.54) is 39.2 Å². The maximum Gasteiger partial charge on any atom is 3.00 e. The summed E-state index contributed by atoms with van der Waals surface area (Å²) in [4.78, 5) is 100. The molecular weight excluding hydrogens is 1210 g/mol. The number of halogens is 9. The van der Waals surface area contributed by atoms with E-state index in [-0.39, 0.29) is 82.9 Å². The van der Waals surface area contributed by atoms with Crippen molar-refractivity contribution in [1.82, 2.24) is 39.2 Å². The van der Waals surface area contributed by atoms with Crippen molar-refractivity contribution in [3.63, 3.8) is 0 Å². The van der Waals surface area contributed by atoms with Crippen LogP contribution in [0.4, 0.5) is 39.5 Å². The minimum absolute atomic E-state index is 0. The molecule has 38 heteroatoms. The van der Waals surface area contributed by atoms with Crippen LogP contribution in [0.2, 0.25) is 0 Å². The first kappa shape index (κ1) is 85.8. The Hall–Kier alpha value is -3.95. The maximum absolute atomic E-state index is 11.0. The van der Waals surface area contributed by atoms with Crippen molar-refractivity contribution in [1.29, 1.82) is 0 Å². The molecule has 0 unspecified atom stereocenters. The van der Waals surface area contributed by atoms with Gasteiger partial charge in [0.1, 0.15) is 0 Å².